The largest absolute Gasteiger partial charge is 0.726 e. The van der Waals surface area contributed by atoms with Crippen molar-refractivity contribution in [3.05, 3.63) is 0 Å². The number of hydrogen-bond donors (Lipinski definition) is 1. The van der Waals surface area contributed by atoms with E-state index in [0.717, 1.165) is 0 Å². The molecular formula is H3CdO5S-. The molecule has 0 radical (unpaired) electrons. The molecule has 7 heavy (non-hydrogen) atoms. The molecule has 0 aromatic rings. The minimum Gasteiger partial charge on any atom is -0.726 e. The SMILES string of the molecule is O.O=S(=O)([O-])O.[Cd]. The van der Waals surface area contributed by atoms with E-state index < -0.39 is 10.4 Å². The van der Waals surface area contributed by atoms with Gasteiger partial charge in [0.15, 0.2) is 0 Å². The third kappa shape index (κ3) is 270. The van der Waals surface area contributed by atoms with Crippen molar-refractivity contribution >= 4 is 10.4 Å². The van der Waals surface area contributed by atoms with Crippen LogP contribution >= 0.6 is 0 Å². The summed E-state index contributed by atoms with van der Waals surface area (Å²) in [5, 5.41) is 0. The van der Waals surface area contributed by atoms with Gasteiger partial charge in [0, 0.05) is 27.3 Å². The van der Waals surface area contributed by atoms with Crippen LogP contribution in [0, 0.1) is 0 Å². The molecule has 0 heterocycles. The second-order valence-electron chi connectivity index (χ2n) is 0.428. The summed E-state index contributed by atoms with van der Waals surface area (Å²) < 4.78 is 32.8. The molecule has 0 amide bonds. The Hall–Kier alpha value is 0.752. The zero-order chi connectivity index (χ0) is 4.50. The Morgan fingerprint density at radius 1 is 1.43 bits per heavy atom. The smallest absolute Gasteiger partial charge is 0.215 e. The quantitative estimate of drug-likeness (QED) is 0.298. The van der Waals surface area contributed by atoms with Gasteiger partial charge in [-0.2, -0.15) is 0 Å². The molecule has 0 unspecified atom stereocenters. The molecule has 0 atom stereocenters. The van der Waals surface area contributed by atoms with E-state index in [0.29, 0.717) is 0 Å². The van der Waals surface area contributed by atoms with Crippen molar-refractivity contribution in [3.63, 3.8) is 0 Å². The Bertz CT molecular complexity index is 91.2. The third-order valence-corrected chi connectivity index (χ3v) is 0. The van der Waals surface area contributed by atoms with Gasteiger partial charge in [-0.1, -0.05) is 0 Å². The fourth-order valence-electron chi connectivity index (χ4n) is 0. The maximum Gasteiger partial charge on any atom is 0.215 e. The Labute approximate surface area is 60.8 Å². The molecule has 42 valence electrons. The fraction of sp³-hybridized carbons (Fsp3) is 0. The van der Waals surface area contributed by atoms with E-state index in [9.17, 15) is 0 Å². The Balaban J connectivity index is -0.0000000800. The van der Waals surface area contributed by atoms with Crippen LogP contribution in [0.15, 0.2) is 0 Å². The second kappa shape index (κ2) is 4.90. The van der Waals surface area contributed by atoms with Gasteiger partial charge in [0.05, 0.1) is 0 Å². The maximum atomic E-state index is 8.63. The Morgan fingerprint density at radius 3 is 1.43 bits per heavy atom. The van der Waals surface area contributed by atoms with Crippen LogP contribution in [0.5, 0.6) is 0 Å². The van der Waals surface area contributed by atoms with E-state index in [4.69, 9.17) is 17.5 Å². The molecule has 0 aliphatic rings. The monoisotopic (exact) mass is 229 g/mol. The van der Waals surface area contributed by atoms with Crippen LogP contribution < -0.4 is 0 Å². The molecule has 0 saturated carbocycles. The Morgan fingerprint density at radius 2 is 1.43 bits per heavy atom. The molecular weight excluding hydrogens is 224 g/mol. The van der Waals surface area contributed by atoms with Gasteiger partial charge in [0.1, 0.15) is 0 Å². The van der Waals surface area contributed by atoms with Crippen molar-refractivity contribution in [3.8, 4) is 0 Å². The zero-order valence-corrected chi connectivity index (χ0v) is 8.14. The van der Waals surface area contributed by atoms with Gasteiger partial charge in [-0.15, -0.1) is 0 Å². The first-order chi connectivity index (χ1) is 2.00. The van der Waals surface area contributed by atoms with Crippen LogP contribution in [0.3, 0.4) is 0 Å². The van der Waals surface area contributed by atoms with Gasteiger partial charge in [-0.05, 0) is 0 Å². The molecule has 7 heteroatoms. The van der Waals surface area contributed by atoms with Crippen LogP contribution in [-0.4, -0.2) is 23.0 Å². The molecule has 0 rings (SSSR count). The van der Waals surface area contributed by atoms with Crippen molar-refractivity contribution in [1.82, 2.24) is 0 Å². The number of hydrogen-bond acceptors (Lipinski definition) is 3. The van der Waals surface area contributed by atoms with Crippen LogP contribution in [0.4, 0.5) is 0 Å². The standard InChI is InChI=1S/Cd.H2O4S.H2O/c;1-5(2,3)4;/h;(H2,1,2,3,4);1H2/p-1. The van der Waals surface area contributed by atoms with E-state index in [2.05, 4.69) is 0 Å². The summed E-state index contributed by atoms with van der Waals surface area (Å²) in [6.45, 7) is 0. The summed E-state index contributed by atoms with van der Waals surface area (Å²) in [5.74, 6) is 0. The van der Waals surface area contributed by atoms with E-state index in [1.807, 2.05) is 0 Å². The van der Waals surface area contributed by atoms with E-state index in [1.165, 1.54) is 0 Å². The minimum atomic E-state index is -4.92. The van der Waals surface area contributed by atoms with Crippen LogP contribution in [0.1, 0.15) is 0 Å². The zero-order valence-electron chi connectivity index (χ0n) is 3.29. The maximum absolute atomic E-state index is 8.63. The summed E-state index contributed by atoms with van der Waals surface area (Å²) in [6, 6.07) is 0. The van der Waals surface area contributed by atoms with Crippen molar-refractivity contribution in [2.24, 2.45) is 0 Å². The molecule has 3 N–H and O–H groups in total. The molecule has 0 saturated heterocycles. The van der Waals surface area contributed by atoms with Crippen molar-refractivity contribution in [1.29, 1.82) is 0 Å². The third-order valence-electron chi connectivity index (χ3n) is 0. The summed E-state index contributed by atoms with van der Waals surface area (Å²) in [7, 11) is -4.92. The first kappa shape index (κ1) is 15.7. The van der Waals surface area contributed by atoms with Gasteiger partial charge in [-0.25, -0.2) is 8.42 Å². The molecule has 0 spiro atoms. The number of rotatable bonds is 0. The molecule has 0 aliphatic carbocycles. The van der Waals surface area contributed by atoms with Crippen LogP contribution in [0.2, 0.25) is 0 Å². The van der Waals surface area contributed by atoms with Crippen molar-refractivity contribution in [2.75, 3.05) is 0 Å². The first-order valence-electron chi connectivity index (χ1n) is 0.683. The molecule has 0 fully saturated rings. The predicted octanol–water partition coefficient (Wildman–Crippen LogP) is -1.82. The fourth-order valence-corrected chi connectivity index (χ4v) is 0. The molecule has 5 nitrogen and oxygen atoms in total. The van der Waals surface area contributed by atoms with E-state index >= 15 is 0 Å². The van der Waals surface area contributed by atoms with Gasteiger partial charge >= 0.3 is 0 Å². The second-order valence-corrected chi connectivity index (χ2v) is 1.28. The summed E-state index contributed by atoms with van der Waals surface area (Å²) in [5.41, 5.74) is 0. The predicted molar refractivity (Wildman–Crippen MR) is 15.9 cm³/mol. The molecule has 0 aromatic heterocycles. The normalized spacial score (nSPS) is 8.29. The molecule has 0 bridgehead atoms. The van der Waals surface area contributed by atoms with Crippen molar-refractivity contribution < 1.29 is 50.3 Å². The first-order valence-corrected chi connectivity index (χ1v) is 2.05. The van der Waals surface area contributed by atoms with Crippen molar-refractivity contribution in [2.45, 2.75) is 0 Å². The van der Waals surface area contributed by atoms with Gasteiger partial charge < -0.3 is 10.0 Å². The van der Waals surface area contributed by atoms with E-state index in [1.54, 1.807) is 0 Å². The average molecular weight is 227 g/mol. The van der Waals surface area contributed by atoms with Gasteiger partial charge in [0.25, 0.3) is 0 Å². The van der Waals surface area contributed by atoms with Gasteiger partial charge in [-0.3, -0.25) is 4.55 Å². The van der Waals surface area contributed by atoms with Crippen LogP contribution in [-0.2, 0) is 37.7 Å². The minimum absolute atomic E-state index is 0. The molecule has 0 aromatic carbocycles. The average Bonchev–Trinajstić information content (AvgIpc) is 0.722. The van der Waals surface area contributed by atoms with E-state index in [-0.39, 0.29) is 32.8 Å². The van der Waals surface area contributed by atoms with Crippen LogP contribution in [0.25, 0.3) is 0 Å². The summed E-state index contributed by atoms with van der Waals surface area (Å²) in [4.78, 5) is 0. The molecule has 0 aliphatic heterocycles. The van der Waals surface area contributed by atoms with Gasteiger partial charge in [0.2, 0.25) is 10.4 Å². The summed E-state index contributed by atoms with van der Waals surface area (Å²) in [6.07, 6.45) is 0. The summed E-state index contributed by atoms with van der Waals surface area (Å²) >= 11 is 0. The topological polar surface area (TPSA) is 109 Å². The Kier molecular flexibility index (Phi) is 11.0.